The van der Waals surface area contributed by atoms with E-state index >= 15 is 0 Å². The Kier molecular flexibility index (Phi) is 4.34. The Bertz CT molecular complexity index is 309. The van der Waals surface area contributed by atoms with E-state index in [4.69, 9.17) is 0 Å². The number of hydrogen-bond acceptors (Lipinski definition) is 6. The maximum absolute atomic E-state index is 10.7. The number of aromatic nitrogens is 2. The summed E-state index contributed by atoms with van der Waals surface area (Å²) in [5, 5.41) is 0.00926. The minimum atomic E-state index is -3.18. The summed E-state index contributed by atoms with van der Waals surface area (Å²) in [6.07, 6.45) is 5.08. The van der Waals surface area contributed by atoms with E-state index in [0.29, 0.717) is 0 Å². The SMILES string of the molecule is CS(=O)(=O)c1cnccn1.NN. The summed E-state index contributed by atoms with van der Waals surface area (Å²) < 4.78 is 21.5. The third-order valence-electron chi connectivity index (χ3n) is 0.919. The van der Waals surface area contributed by atoms with E-state index in [1.54, 1.807) is 0 Å². The first-order valence-corrected chi connectivity index (χ1v) is 4.79. The zero-order chi connectivity index (χ0) is 9.61. The summed E-state index contributed by atoms with van der Waals surface area (Å²) in [4.78, 5) is 7.21. The van der Waals surface area contributed by atoms with Gasteiger partial charge in [0.2, 0.25) is 0 Å². The normalized spacial score (nSPS) is 9.92. The molecule has 7 heteroatoms. The Morgan fingerprint density at radius 1 is 1.33 bits per heavy atom. The molecule has 0 saturated heterocycles. The van der Waals surface area contributed by atoms with Crippen molar-refractivity contribution in [2.75, 3.05) is 6.26 Å². The van der Waals surface area contributed by atoms with Crippen LogP contribution in [0.15, 0.2) is 23.6 Å². The number of rotatable bonds is 1. The zero-order valence-corrected chi connectivity index (χ0v) is 7.32. The number of hydrazine groups is 1. The summed E-state index contributed by atoms with van der Waals surface area (Å²) >= 11 is 0. The van der Waals surface area contributed by atoms with Crippen LogP contribution in [-0.4, -0.2) is 24.6 Å². The maximum atomic E-state index is 10.7. The average Bonchev–Trinajstić information content (AvgIpc) is 2.08. The van der Waals surface area contributed by atoms with E-state index in [9.17, 15) is 8.42 Å². The van der Waals surface area contributed by atoms with E-state index in [1.807, 2.05) is 0 Å². The van der Waals surface area contributed by atoms with Crippen LogP contribution in [0.25, 0.3) is 0 Å². The molecule has 0 spiro atoms. The Morgan fingerprint density at radius 2 is 1.92 bits per heavy atom. The van der Waals surface area contributed by atoms with E-state index in [2.05, 4.69) is 21.7 Å². The Balaban J connectivity index is 0.000000561. The molecule has 1 rings (SSSR count). The molecule has 0 aliphatic rings. The molecule has 0 aliphatic carbocycles. The van der Waals surface area contributed by atoms with Crippen molar-refractivity contribution < 1.29 is 8.42 Å². The van der Waals surface area contributed by atoms with Gasteiger partial charge in [-0.2, -0.15) is 0 Å². The van der Waals surface area contributed by atoms with Gasteiger partial charge < -0.3 is 0 Å². The fourth-order valence-corrected chi connectivity index (χ4v) is 0.982. The molecule has 12 heavy (non-hydrogen) atoms. The molecule has 0 amide bonds. The highest BCUT2D eigenvalue weighted by atomic mass is 32.2. The number of nitrogens with two attached hydrogens (primary N) is 2. The highest BCUT2D eigenvalue weighted by Crippen LogP contribution is 1.98. The third-order valence-corrected chi connectivity index (χ3v) is 1.89. The Hall–Kier alpha value is -1.05. The predicted molar refractivity (Wildman–Crippen MR) is 43.5 cm³/mol. The van der Waals surface area contributed by atoms with Gasteiger partial charge in [0, 0.05) is 18.6 Å². The van der Waals surface area contributed by atoms with E-state index in [-0.39, 0.29) is 5.03 Å². The van der Waals surface area contributed by atoms with Gasteiger partial charge >= 0.3 is 0 Å². The van der Waals surface area contributed by atoms with Crippen molar-refractivity contribution in [1.82, 2.24) is 9.97 Å². The fraction of sp³-hybridized carbons (Fsp3) is 0.200. The van der Waals surface area contributed by atoms with Gasteiger partial charge in [0.15, 0.2) is 14.9 Å². The first kappa shape index (κ1) is 11.0. The minimum Gasteiger partial charge on any atom is -0.274 e. The molecule has 0 radical (unpaired) electrons. The van der Waals surface area contributed by atoms with E-state index in [0.717, 1.165) is 6.26 Å². The van der Waals surface area contributed by atoms with Crippen LogP contribution in [0.4, 0.5) is 0 Å². The first-order chi connectivity index (χ1) is 5.61. The number of nitrogens with zero attached hydrogens (tertiary/aromatic N) is 2. The summed E-state index contributed by atoms with van der Waals surface area (Å²) in [6.45, 7) is 0. The third kappa shape index (κ3) is 3.37. The van der Waals surface area contributed by atoms with Crippen molar-refractivity contribution >= 4 is 9.84 Å². The predicted octanol–water partition coefficient (Wildman–Crippen LogP) is -1.30. The lowest BCUT2D eigenvalue weighted by atomic mass is 10.8. The Labute approximate surface area is 70.5 Å². The molecule has 1 aromatic heterocycles. The van der Waals surface area contributed by atoms with E-state index in [1.165, 1.54) is 18.6 Å². The maximum Gasteiger partial charge on any atom is 0.194 e. The lowest BCUT2D eigenvalue weighted by Crippen LogP contribution is -2.02. The second kappa shape index (κ2) is 4.75. The molecule has 0 unspecified atom stereocenters. The highest BCUT2D eigenvalue weighted by Gasteiger charge is 2.06. The van der Waals surface area contributed by atoms with Crippen molar-refractivity contribution in [3.8, 4) is 0 Å². The molecule has 0 bridgehead atoms. The molecule has 0 aromatic carbocycles. The van der Waals surface area contributed by atoms with Crippen LogP contribution in [0.3, 0.4) is 0 Å². The average molecular weight is 190 g/mol. The van der Waals surface area contributed by atoms with Gasteiger partial charge in [0.1, 0.15) is 0 Å². The molecule has 6 nitrogen and oxygen atoms in total. The number of hydrogen-bond donors (Lipinski definition) is 2. The van der Waals surface area contributed by atoms with Gasteiger partial charge in [-0.25, -0.2) is 13.4 Å². The van der Waals surface area contributed by atoms with Crippen molar-refractivity contribution in [3.63, 3.8) is 0 Å². The van der Waals surface area contributed by atoms with Gasteiger partial charge in [0.25, 0.3) is 0 Å². The summed E-state index contributed by atoms with van der Waals surface area (Å²) in [5.41, 5.74) is 0. The molecule has 0 saturated carbocycles. The van der Waals surface area contributed by atoms with Crippen LogP contribution in [-0.2, 0) is 9.84 Å². The summed E-state index contributed by atoms with van der Waals surface area (Å²) in [5.74, 6) is 8.00. The lowest BCUT2D eigenvalue weighted by Gasteiger charge is -1.91. The largest absolute Gasteiger partial charge is 0.274 e. The zero-order valence-electron chi connectivity index (χ0n) is 6.51. The highest BCUT2D eigenvalue weighted by molar-refractivity contribution is 7.90. The van der Waals surface area contributed by atoms with Crippen LogP contribution >= 0.6 is 0 Å². The van der Waals surface area contributed by atoms with Gasteiger partial charge in [-0.15, -0.1) is 0 Å². The van der Waals surface area contributed by atoms with Crippen LogP contribution in [0.2, 0.25) is 0 Å². The second-order valence-electron chi connectivity index (χ2n) is 1.82. The molecular weight excluding hydrogens is 180 g/mol. The van der Waals surface area contributed by atoms with Gasteiger partial charge in [0.05, 0.1) is 6.20 Å². The standard InChI is InChI=1S/C5H6N2O2S.H4N2/c1-10(8,9)5-4-6-2-3-7-5;1-2/h2-4H,1H3;1-2H2. The molecular formula is C5H10N4O2S. The van der Waals surface area contributed by atoms with Crippen LogP contribution in [0.5, 0.6) is 0 Å². The molecule has 0 fully saturated rings. The van der Waals surface area contributed by atoms with Crippen molar-refractivity contribution in [2.24, 2.45) is 11.7 Å². The first-order valence-electron chi connectivity index (χ1n) is 2.90. The van der Waals surface area contributed by atoms with Crippen molar-refractivity contribution in [2.45, 2.75) is 5.03 Å². The molecule has 1 aromatic rings. The molecule has 68 valence electrons. The fourth-order valence-electron chi connectivity index (χ4n) is 0.477. The quantitative estimate of drug-likeness (QED) is 0.420. The van der Waals surface area contributed by atoms with Gasteiger partial charge in [-0.05, 0) is 0 Å². The molecule has 4 N–H and O–H groups in total. The minimum absolute atomic E-state index is 0.00926. The number of sulfone groups is 1. The summed E-state index contributed by atoms with van der Waals surface area (Å²) in [6, 6.07) is 0. The molecule has 0 atom stereocenters. The molecule has 1 heterocycles. The monoisotopic (exact) mass is 190 g/mol. The van der Waals surface area contributed by atoms with Gasteiger partial charge in [-0.1, -0.05) is 0 Å². The van der Waals surface area contributed by atoms with Crippen LogP contribution in [0.1, 0.15) is 0 Å². The second-order valence-corrected chi connectivity index (χ2v) is 3.78. The topological polar surface area (TPSA) is 112 Å². The van der Waals surface area contributed by atoms with Crippen molar-refractivity contribution in [3.05, 3.63) is 18.6 Å². The smallest absolute Gasteiger partial charge is 0.194 e. The van der Waals surface area contributed by atoms with Crippen LogP contribution in [0, 0.1) is 0 Å². The van der Waals surface area contributed by atoms with Crippen LogP contribution < -0.4 is 11.7 Å². The summed E-state index contributed by atoms with van der Waals surface area (Å²) in [7, 11) is -3.18. The van der Waals surface area contributed by atoms with Gasteiger partial charge in [-0.3, -0.25) is 16.7 Å². The molecule has 0 aliphatic heterocycles. The lowest BCUT2D eigenvalue weighted by molar-refractivity contribution is 0.597. The van der Waals surface area contributed by atoms with Crippen molar-refractivity contribution in [1.29, 1.82) is 0 Å². The van der Waals surface area contributed by atoms with E-state index < -0.39 is 9.84 Å². The Morgan fingerprint density at radius 3 is 2.17 bits per heavy atom.